The van der Waals surface area contributed by atoms with E-state index in [2.05, 4.69) is 22.5 Å². The predicted molar refractivity (Wildman–Crippen MR) is 91.8 cm³/mol. The Bertz CT molecular complexity index is 617. The smallest absolute Gasteiger partial charge is 0.319 e. The number of aromatic nitrogens is 1. The van der Waals surface area contributed by atoms with E-state index in [0.29, 0.717) is 18.7 Å². The lowest BCUT2D eigenvalue weighted by molar-refractivity contribution is 0.217. The van der Waals surface area contributed by atoms with Gasteiger partial charge in [-0.15, -0.1) is 0 Å². The first-order valence-electron chi connectivity index (χ1n) is 7.89. The zero-order valence-corrected chi connectivity index (χ0v) is 13.6. The highest BCUT2D eigenvalue weighted by Crippen LogP contribution is 2.19. The molecule has 23 heavy (non-hydrogen) atoms. The Hall–Kier alpha value is -2.56. The van der Waals surface area contributed by atoms with Gasteiger partial charge >= 0.3 is 6.03 Å². The number of carbonyl (C=O) groups excluding carboxylic acids is 1. The molecular formula is C18H23N3O2. The van der Waals surface area contributed by atoms with Crippen molar-refractivity contribution in [3.8, 4) is 5.75 Å². The largest absolute Gasteiger partial charge is 0.491 e. The van der Waals surface area contributed by atoms with Crippen molar-refractivity contribution in [2.45, 2.75) is 32.8 Å². The molecule has 0 aliphatic heterocycles. The summed E-state index contributed by atoms with van der Waals surface area (Å²) in [6, 6.07) is 12.9. The average Bonchev–Trinajstić information content (AvgIpc) is 2.56. The Morgan fingerprint density at radius 1 is 1.26 bits per heavy atom. The van der Waals surface area contributed by atoms with Gasteiger partial charge in [0.1, 0.15) is 5.75 Å². The van der Waals surface area contributed by atoms with Gasteiger partial charge in [-0.3, -0.25) is 4.98 Å². The zero-order chi connectivity index (χ0) is 16.5. The third kappa shape index (κ3) is 5.98. The van der Waals surface area contributed by atoms with Crippen LogP contribution < -0.4 is 15.4 Å². The number of nitrogens with zero attached hydrogens (tertiary/aromatic N) is 1. The summed E-state index contributed by atoms with van der Waals surface area (Å²) in [4.78, 5) is 16.1. The monoisotopic (exact) mass is 313 g/mol. The minimum atomic E-state index is -0.235. The summed E-state index contributed by atoms with van der Waals surface area (Å²) in [5, 5.41) is 5.63. The predicted octanol–water partition coefficient (Wildman–Crippen LogP) is 3.62. The first kappa shape index (κ1) is 16.8. The summed E-state index contributed by atoms with van der Waals surface area (Å²) in [5.74, 6) is 0.755. The second kappa shape index (κ2) is 8.78. The average molecular weight is 313 g/mol. The van der Waals surface area contributed by atoms with Crippen LogP contribution in [0.25, 0.3) is 0 Å². The number of amides is 2. The van der Waals surface area contributed by atoms with Gasteiger partial charge in [-0.2, -0.15) is 0 Å². The minimum absolute atomic E-state index is 0.150. The number of ether oxygens (including phenoxy) is 1. The summed E-state index contributed by atoms with van der Waals surface area (Å²) < 4.78 is 5.74. The molecule has 0 aliphatic rings. The quantitative estimate of drug-likeness (QED) is 0.820. The van der Waals surface area contributed by atoms with Gasteiger partial charge in [0.15, 0.2) is 0 Å². The maximum Gasteiger partial charge on any atom is 0.319 e. The van der Waals surface area contributed by atoms with Crippen LogP contribution in [0.1, 0.15) is 26.0 Å². The van der Waals surface area contributed by atoms with Crippen LogP contribution in [0, 0.1) is 0 Å². The van der Waals surface area contributed by atoms with Gasteiger partial charge in [-0.1, -0.05) is 19.1 Å². The number of hydrogen-bond donors (Lipinski definition) is 2. The number of rotatable bonds is 7. The van der Waals surface area contributed by atoms with Crippen LogP contribution in [0.5, 0.6) is 5.75 Å². The Kier molecular flexibility index (Phi) is 6.41. The number of urea groups is 1. The molecule has 0 saturated carbocycles. The lowest BCUT2D eigenvalue weighted by Gasteiger charge is -2.14. The molecule has 2 aromatic rings. The summed E-state index contributed by atoms with van der Waals surface area (Å²) in [6.07, 6.45) is 3.53. The van der Waals surface area contributed by atoms with E-state index in [4.69, 9.17) is 4.74 Å². The minimum Gasteiger partial charge on any atom is -0.491 e. The molecule has 5 heteroatoms. The molecular weight excluding hydrogens is 290 g/mol. The molecule has 122 valence electrons. The standard InChI is InChI=1S/C18H23N3O2/c1-3-14(2)23-17-9-6-8-16(13-17)21-18(22)20-12-10-15-7-4-5-11-19-15/h4-9,11,13-14H,3,10,12H2,1-2H3,(H2,20,21,22). The van der Waals surface area contributed by atoms with E-state index < -0.39 is 0 Å². The maximum atomic E-state index is 11.9. The first-order chi connectivity index (χ1) is 11.2. The Morgan fingerprint density at radius 2 is 2.13 bits per heavy atom. The molecule has 5 nitrogen and oxygen atoms in total. The van der Waals surface area contributed by atoms with Gasteiger partial charge in [0.25, 0.3) is 0 Å². The van der Waals surface area contributed by atoms with Crippen LogP contribution in [0.2, 0.25) is 0 Å². The van der Waals surface area contributed by atoms with Gasteiger partial charge in [-0.25, -0.2) is 4.79 Å². The molecule has 0 spiro atoms. The third-order valence-electron chi connectivity index (χ3n) is 3.40. The molecule has 0 bridgehead atoms. The van der Waals surface area contributed by atoms with Gasteiger partial charge in [0.2, 0.25) is 0 Å². The van der Waals surface area contributed by atoms with Crippen LogP contribution in [0.3, 0.4) is 0 Å². The van der Waals surface area contributed by atoms with Crippen LogP contribution in [0.4, 0.5) is 10.5 Å². The van der Waals surface area contributed by atoms with E-state index in [-0.39, 0.29) is 12.1 Å². The van der Waals surface area contributed by atoms with Crippen LogP contribution in [-0.4, -0.2) is 23.7 Å². The van der Waals surface area contributed by atoms with E-state index in [1.54, 1.807) is 6.20 Å². The highest BCUT2D eigenvalue weighted by atomic mass is 16.5. The van der Waals surface area contributed by atoms with Crippen LogP contribution in [0.15, 0.2) is 48.7 Å². The van der Waals surface area contributed by atoms with E-state index >= 15 is 0 Å². The molecule has 0 radical (unpaired) electrons. The molecule has 0 saturated heterocycles. The van der Waals surface area contributed by atoms with E-state index in [1.165, 1.54) is 0 Å². The Labute approximate surface area is 137 Å². The van der Waals surface area contributed by atoms with Crippen LogP contribution in [-0.2, 0) is 6.42 Å². The second-order valence-corrected chi connectivity index (χ2v) is 5.32. The summed E-state index contributed by atoms with van der Waals surface area (Å²) >= 11 is 0. The maximum absolute atomic E-state index is 11.9. The number of pyridine rings is 1. The molecule has 2 amide bonds. The van der Waals surface area contributed by atoms with Crippen LogP contribution >= 0.6 is 0 Å². The van der Waals surface area contributed by atoms with Crippen molar-refractivity contribution in [2.24, 2.45) is 0 Å². The van der Waals surface area contributed by atoms with Gasteiger partial charge < -0.3 is 15.4 Å². The SMILES string of the molecule is CCC(C)Oc1cccc(NC(=O)NCCc2ccccn2)c1. The fraction of sp³-hybridized carbons (Fsp3) is 0.333. The van der Waals surface area contributed by atoms with E-state index in [9.17, 15) is 4.79 Å². The Morgan fingerprint density at radius 3 is 2.87 bits per heavy atom. The fourth-order valence-electron chi connectivity index (χ4n) is 1.99. The highest BCUT2D eigenvalue weighted by Gasteiger charge is 2.05. The zero-order valence-electron chi connectivity index (χ0n) is 13.6. The topological polar surface area (TPSA) is 63.2 Å². The van der Waals surface area contributed by atoms with E-state index in [0.717, 1.165) is 17.9 Å². The Balaban J connectivity index is 1.79. The molecule has 1 unspecified atom stereocenters. The van der Waals surface area contributed by atoms with Crippen molar-refractivity contribution in [2.75, 3.05) is 11.9 Å². The molecule has 0 aliphatic carbocycles. The summed E-state index contributed by atoms with van der Waals surface area (Å²) in [5.41, 5.74) is 1.66. The molecule has 2 rings (SSSR count). The lowest BCUT2D eigenvalue weighted by atomic mass is 10.2. The molecule has 2 N–H and O–H groups in total. The first-order valence-corrected chi connectivity index (χ1v) is 7.89. The van der Waals surface area contributed by atoms with Crippen molar-refractivity contribution in [3.63, 3.8) is 0 Å². The summed E-state index contributed by atoms with van der Waals surface area (Å²) in [6.45, 7) is 4.62. The van der Waals surface area contributed by atoms with E-state index in [1.807, 2.05) is 49.4 Å². The van der Waals surface area contributed by atoms with Crippen molar-refractivity contribution in [1.82, 2.24) is 10.3 Å². The van der Waals surface area contributed by atoms with Crippen molar-refractivity contribution >= 4 is 11.7 Å². The number of benzene rings is 1. The third-order valence-corrected chi connectivity index (χ3v) is 3.40. The normalized spacial score (nSPS) is 11.6. The molecule has 1 aromatic carbocycles. The fourth-order valence-corrected chi connectivity index (χ4v) is 1.99. The lowest BCUT2D eigenvalue weighted by Crippen LogP contribution is -2.30. The molecule has 1 heterocycles. The summed E-state index contributed by atoms with van der Waals surface area (Å²) in [7, 11) is 0. The van der Waals surface area contributed by atoms with Gasteiger partial charge in [-0.05, 0) is 37.6 Å². The van der Waals surface area contributed by atoms with Gasteiger partial charge in [0.05, 0.1) is 6.10 Å². The number of carbonyl (C=O) groups is 1. The number of nitrogens with one attached hydrogen (secondary N) is 2. The number of anilines is 1. The van der Waals surface area contributed by atoms with Crippen molar-refractivity contribution in [1.29, 1.82) is 0 Å². The van der Waals surface area contributed by atoms with Crippen molar-refractivity contribution < 1.29 is 9.53 Å². The van der Waals surface area contributed by atoms with Gasteiger partial charge in [0, 0.05) is 36.6 Å². The molecule has 1 aromatic heterocycles. The highest BCUT2D eigenvalue weighted by molar-refractivity contribution is 5.89. The molecule has 1 atom stereocenters. The number of hydrogen-bond acceptors (Lipinski definition) is 3. The van der Waals surface area contributed by atoms with Crippen molar-refractivity contribution in [3.05, 3.63) is 54.4 Å². The molecule has 0 fully saturated rings. The second-order valence-electron chi connectivity index (χ2n) is 5.32.